The number of nitrogens with zero attached hydrogens (tertiary/aromatic N) is 1. The van der Waals surface area contributed by atoms with Gasteiger partial charge in [-0.3, -0.25) is 4.79 Å². The summed E-state index contributed by atoms with van der Waals surface area (Å²) in [7, 11) is 1.10. The summed E-state index contributed by atoms with van der Waals surface area (Å²) < 4.78 is 41.3. The minimum absolute atomic E-state index is 0.396. The molecule has 2 aromatic carbocycles. The highest BCUT2D eigenvalue weighted by Crippen LogP contribution is 2.24. The van der Waals surface area contributed by atoms with E-state index in [-0.39, 0.29) is 0 Å². The summed E-state index contributed by atoms with van der Waals surface area (Å²) in [4.78, 5) is 23.7. The maximum absolute atomic E-state index is 14.1. The summed E-state index contributed by atoms with van der Waals surface area (Å²) in [5.74, 6) is -5.99. The second-order valence-electron chi connectivity index (χ2n) is 4.40. The lowest BCUT2D eigenvalue weighted by Crippen LogP contribution is -2.29. The van der Waals surface area contributed by atoms with Gasteiger partial charge in [-0.2, -0.15) is 0 Å². The molecule has 0 aliphatic rings. The van der Waals surface area contributed by atoms with Crippen LogP contribution in [-0.4, -0.2) is 24.0 Å². The lowest BCUT2D eigenvalue weighted by atomic mass is 10.1. The zero-order chi connectivity index (χ0) is 16.4. The standard InChI is InChI=1S/C15H10F3NO3/c1-19(11-7-2-4-8(13(11)18)15(21)22)14(20)12-9(16)5-3-6-10(12)17/h2-7H,1H3,(H,21,22). The summed E-state index contributed by atoms with van der Waals surface area (Å²) in [6.45, 7) is 0. The van der Waals surface area contributed by atoms with Gasteiger partial charge in [0.1, 0.15) is 17.2 Å². The van der Waals surface area contributed by atoms with Crippen LogP contribution in [0.4, 0.5) is 18.9 Å². The molecule has 0 aliphatic carbocycles. The van der Waals surface area contributed by atoms with E-state index in [9.17, 15) is 22.8 Å². The lowest BCUT2D eigenvalue weighted by Gasteiger charge is -2.19. The number of amides is 1. The van der Waals surface area contributed by atoms with Crippen LogP contribution in [0.25, 0.3) is 0 Å². The predicted molar refractivity (Wildman–Crippen MR) is 72.5 cm³/mol. The van der Waals surface area contributed by atoms with Crippen molar-refractivity contribution >= 4 is 17.6 Å². The molecule has 114 valence electrons. The molecule has 0 fully saturated rings. The number of carboxylic acid groups (broad SMARTS) is 1. The number of hydrogen-bond donors (Lipinski definition) is 1. The molecule has 0 radical (unpaired) electrons. The molecule has 0 saturated carbocycles. The van der Waals surface area contributed by atoms with Gasteiger partial charge >= 0.3 is 5.97 Å². The van der Waals surface area contributed by atoms with Gasteiger partial charge < -0.3 is 10.0 Å². The second-order valence-corrected chi connectivity index (χ2v) is 4.40. The number of aromatic carboxylic acids is 1. The number of carboxylic acids is 1. The first-order chi connectivity index (χ1) is 10.3. The third kappa shape index (κ3) is 2.65. The van der Waals surface area contributed by atoms with Gasteiger partial charge in [0.25, 0.3) is 5.91 Å². The summed E-state index contributed by atoms with van der Waals surface area (Å²) in [5, 5.41) is 8.85. The molecule has 0 heterocycles. The Balaban J connectivity index is 2.49. The van der Waals surface area contributed by atoms with Gasteiger partial charge in [-0.05, 0) is 24.3 Å². The van der Waals surface area contributed by atoms with E-state index in [1.807, 2.05) is 0 Å². The van der Waals surface area contributed by atoms with Gasteiger partial charge in [0, 0.05) is 7.05 Å². The van der Waals surface area contributed by atoms with Crippen molar-refractivity contribution in [3.05, 3.63) is 65.0 Å². The molecular formula is C15H10F3NO3. The predicted octanol–water partition coefficient (Wildman–Crippen LogP) is 3.08. The van der Waals surface area contributed by atoms with Crippen molar-refractivity contribution in [1.29, 1.82) is 0 Å². The normalized spacial score (nSPS) is 10.4. The third-order valence-electron chi connectivity index (χ3n) is 3.05. The molecule has 0 spiro atoms. The van der Waals surface area contributed by atoms with E-state index in [1.165, 1.54) is 6.07 Å². The van der Waals surface area contributed by atoms with Gasteiger partial charge in [0.15, 0.2) is 5.82 Å². The van der Waals surface area contributed by atoms with E-state index in [1.54, 1.807) is 0 Å². The van der Waals surface area contributed by atoms with E-state index in [2.05, 4.69) is 0 Å². The number of anilines is 1. The first-order valence-electron chi connectivity index (χ1n) is 6.08. The Morgan fingerprint density at radius 1 is 1.00 bits per heavy atom. The van der Waals surface area contributed by atoms with Crippen LogP contribution >= 0.6 is 0 Å². The van der Waals surface area contributed by atoms with Crippen molar-refractivity contribution in [1.82, 2.24) is 0 Å². The first kappa shape index (κ1) is 15.6. The van der Waals surface area contributed by atoms with Crippen molar-refractivity contribution < 1.29 is 27.9 Å². The Kier molecular flexibility index (Phi) is 4.16. The molecule has 0 saturated heterocycles. The van der Waals surface area contributed by atoms with E-state index in [4.69, 9.17) is 5.11 Å². The van der Waals surface area contributed by atoms with Gasteiger partial charge in [0.05, 0.1) is 11.3 Å². The number of rotatable bonds is 3. The van der Waals surface area contributed by atoms with Gasteiger partial charge in [0.2, 0.25) is 0 Å². The maximum Gasteiger partial charge on any atom is 0.338 e. The van der Waals surface area contributed by atoms with Crippen LogP contribution in [0.5, 0.6) is 0 Å². The fourth-order valence-corrected chi connectivity index (χ4v) is 1.92. The SMILES string of the molecule is CN(C(=O)c1c(F)cccc1F)c1cccc(C(=O)O)c1F. The summed E-state index contributed by atoms with van der Waals surface area (Å²) in [5.41, 5.74) is -1.89. The number of carbonyl (C=O) groups excluding carboxylic acids is 1. The summed E-state index contributed by atoms with van der Waals surface area (Å²) in [6, 6.07) is 6.26. The van der Waals surface area contributed by atoms with Crippen molar-refractivity contribution in [2.24, 2.45) is 0 Å². The highest BCUT2D eigenvalue weighted by atomic mass is 19.1. The molecule has 0 aliphatic heterocycles. The zero-order valence-corrected chi connectivity index (χ0v) is 11.3. The van der Waals surface area contributed by atoms with E-state index >= 15 is 0 Å². The maximum atomic E-state index is 14.1. The Hall–Kier alpha value is -2.83. The molecule has 0 unspecified atom stereocenters. The molecular weight excluding hydrogens is 299 g/mol. The van der Waals surface area contributed by atoms with Crippen LogP contribution in [0.1, 0.15) is 20.7 Å². The quantitative estimate of drug-likeness (QED) is 0.948. The number of carbonyl (C=O) groups is 2. The molecule has 0 aromatic heterocycles. The van der Waals surface area contributed by atoms with Gasteiger partial charge in [-0.1, -0.05) is 12.1 Å². The lowest BCUT2D eigenvalue weighted by molar-refractivity contribution is 0.0691. The number of hydrogen-bond acceptors (Lipinski definition) is 2. The van der Waals surface area contributed by atoms with Crippen LogP contribution in [0.3, 0.4) is 0 Å². The van der Waals surface area contributed by atoms with Crippen LogP contribution in [0, 0.1) is 17.5 Å². The smallest absolute Gasteiger partial charge is 0.338 e. The minimum Gasteiger partial charge on any atom is -0.478 e. The van der Waals surface area contributed by atoms with E-state index < -0.39 is 46.1 Å². The Morgan fingerprint density at radius 2 is 1.55 bits per heavy atom. The Labute approximate surface area is 123 Å². The Bertz CT molecular complexity index is 741. The van der Waals surface area contributed by atoms with E-state index in [0.717, 1.165) is 37.4 Å². The van der Waals surface area contributed by atoms with Gasteiger partial charge in [-0.15, -0.1) is 0 Å². The first-order valence-corrected chi connectivity index (χ1v) is 6.08. The third-order valence-corrected chi connectivity index (χ3v) is 3.05. The van der Waals surface area contributed by atoms with Crippen molar-refractivity contribution in [2.45, 2.75) is 0 Å². The molecule has 2 rings (SSSR count). The molecule has 0 atom stereocenters. The molecule has 22 heavy (non-hydrogen) atoms. The molecule has 1 N–H and O–H groups in total. The van der Waals surface area contributed by atoms with Crippen molar-refractivity contribution in [2.75, 3.05) is 11.9 Å². The molecule has 2 aromatic rings. The molecule has 7 heteroatoms. The average molecular weight is 309 g/mol. The number of benzene rings is 2. The average Bonchev–Trinajstić information content (AvgIpc) is 2.46. The zero-order valence-electron chi connectivity index (χ0n) is 11.3. The minimum atomic E-state index is -1.52. The summed E-state index contributed by atoms with van der Waals surface area (Å²) >= 11 is 0. The van der Waals surface area contributed by atoms with Crippen LogP contribution < -0.4 is 4.90 Å². The van der Waals surface area contributed by atoms with Crippen LogP contribution in [0.15, 0.2) is 36.4 Å². The van der Waals surface area contributed by atoms with Crippen molar-refractivity contribution in [3.8, 4) is 0 Å². The number of halogens is 3. The fraction of sp³-hybridized carbons (Fsp3) is 0.0667. The van der Waals surface area contributed by atoms with Crippen LogP contribution in [0.2, 0.25) is 0 Å². The molecule has 4 nitrogen and oxygen atoms in total. The molecule has 0 bridgehead atoms. The fourth-order valence-electron chi connectivity index (χ4n) is 1.92. The topological polar surface area (TPSA) is 57.6 Å². The monoisotopic (exact) mass is 309 g/mol. The Morgan fingerprint density at radius 3 is 2.09 bits per heavy atom. The van der Waals surface area contributed by atoms with Crippen molar-refractivity contribution in [3.63, 3.8) is 0 Å². The highest BCUT2D eigenvalue weighted by Gasteiger charge is 2.25. The van der Waals surface area contributed by atoms with Gasteiger partial charge in [-0.25, -0.2) is 18.0 Å². The second kappa shape index (κ2) is 5.88. The summed E-state index contributed by atoms with van der Waals surface area (Å²) in [6.07, 6.45) is 0. The largest absolute Gasteiger partial charge is 0.478 e. The molecule has 1 amide bonds. The van der Waals surface area contributed by atoms with E-state index in [0.29, 0.717) is 4.90 Å². The van der Waals surface area contributed by atoms with Crippen LogP contribution in [-0.2, 0) is 0 Å². The highest BCUT2D eigenvalue weighted by molar-refractivity contribution is 6.06.